The Morgan fingerprint density at radius 3 is 2.83 bits per heavy atom. The molecule has 5 rings (SSSR count). The lowest BCUT2D eigenvalue weighted by atomic mass is 9.61. The molecular formula is C16H22N2. The first-order valence-corrected chi connectivity index (χ1v) is 7.21. The lowest BCUT2D eigenvalue weighted by Crippen LogP contribution is -2.72. The third kappa shape index (κ3) is 1.31. The molecule has 1 aromatic rings. The van der Waals surface area contributed by atoms with Crippen LogP contribution in [0.2, 0.25) is 0 Å². The van der Waals surface area contributed by atoms with Gasteiger partial charge in [0, 0.05) is 31.1 Å². The smallest absolute Gasteiger partial charge is 0.0509 e. The van der Waals surface area contributed by atoms with E-state index < -0.39 is 0 Å². The van der Waals surface area contributed by atoms with Crippen LogP contribution < -0.4 is 0 Å². The second-order valence-electron chi connectivity index (χ2n) is 6.64. The van der Waals surface area contributed by atoms with Gasteiger partial charge in [0.05, 0.1) is 6.67 Å². The van der Waals surface area contributed by atoms with E-state index in [1.807, 2.05) is 0 Å². The fourth-order valence-electron chi connectivity index (χ4n) is 4.83. The SMILES string of the molecule is Cc1ccccc1C12CC3CN(CN(C3)[C@@H]1C)C2. The van der Waals surface area contributed by atoms with E-state index in [0.717, 1.165) is 5.92 Å². The average molecular weight is 242 g/mol. The van der Waals surface area contributed by atoms with Gasteiger partial charge in [-0.2, -0.15) is 0 Å². The average Bonchev–Trinajstić information content (AvgIpc) is 2.35. The van der Waals surface area contributed by atoms with Gasteiger partial charge in [0.1, 0.15) is 0 Å². The van der Waals surface area contributed by atoms with Crippen LogP contribution in [0.25, 0.3) is 0 Å². The van der Waals surface area contributed by atoms with E-state index in [-0.39, 0.29) is 0 Å². The maximum Gasteiger partial charge on any atom is 0.0509 e. The first kappa shape index (κ1) is 11.0. The van der Waals surface area contributed by atoms with Crippen molar-refractivity contribution in [2.75, 3.05) is 26.3 Å². The Labute approximate surface area is 110 Å². The summed E-state index contributed by atoms with van der Waals surface area (Å²) in [6.07, 6.45) is 1.39. The van der Waals surface area contributed by atoms with E-state index in [1.54, 1.807) is 5.56 Å². The van der Waals surface area contributed by atoms with E-state index >= 15 is 0 Å². The van der Waals surface area contributed by atoms with Crippen molar-refractivity contribution < 1.29 is 0 Å². The van der Waals surface area contributed by atoms with Gasteiger partial charge in [-0.05, 0) is 37.3 Å². The normalized spacial score (nSPS) is 45.4. The van der Waals surface area contributed by atoms with Gasteiger partial charge in [0.15, 0.2) is 0 Å². The third-order valence-electron chi connectivity index (χ3n) is 5.58. The lowest BCUT2D eigenvalue weighted by molar-refractivity contribution is -0.121. The maximum atomic E-state index is 2.70. The van der Waals surface area contributed by atoms with E-state index in [1.165, 1.54) is 38.3 Å². The number of piperidine rings is 2. The number of hydrogen-bond donors (Lipinski definition) is 0. The largest absolute Gasteiger partial charge is 0.289 e. The quantitative estimate of drug-likeness (QED) is 0.745. The molecule has 4 heterocycles. The number of rotatable bonds is 1. The van der Waals surface area contributed by atoms with Crippen molar-refractivity contribution in [2.24, 2.45) is 5.92 Å². The van der Waals surface area contributed by atoms with Crippen LogP contribution in [0, 0.1) is 12.8 Å². The summed E-state index contributed by atoms with van der Waals surface area (Å²) in [4.78, 5) is 5.37. The van der Waals surface area contributed by atoms with Crippen LogP contribution in [-0.2, 0) is 5.41 Å². The second kappa shape index (κ2) is 3.58. The highest BCUT2D eigenvalue weighted by Crippen LogP contribution is 2.49. The highest BCUT2D eigenvalue weighted by Gasteiger charge is 2.54. The predicted octanol–water partition coefficient (Wildman–Crippen LogP) is 2.23. The molecule has 0 saturated carbocycles. The van der Waals surface area contributed by atoms with Crippen LogP contribution in [0.3, 0.4) is 0 Å². The zero-order chi connectivity index (χ0) is 12.3. The molecule has 2 heteroatoms. The first-order chi connectivity index (χ1) is 8.69. The van der Waals surface area contributed by atoms with Gasteiger partial charge in [-0.1, -0.05) is 24.3 Å². The zero-order valence-corrected chi connectivity index (χ0v) is 11.4. The molecule has 4 aliphatic rings. The summed E-state index contributed by atoms with van der Waals surface area (Å²) in [6, 6.07) is 9.75. The molecule has 18 heavy (non-hydrogen) atoms. The molecule has 4 bridgehead atoms. The monoisotopic (exact) mass is 242 g/mol. The fraction of sp³-hybridized carbons (Fsp3) is 0.625. The summed E-state index contributed by atoms with van der Waals surface area (Å²) in [7, 11) is 0. The van der Waals surface area contributed by atoms with Crippen molar-refractivity contribution in [3.05, 3.63) is 35.4 Å². The molecule has 4 fully saturated rings. The summed E-state index contributed by atoms with van der Waals surface area (Å²) in [6.45, 7) is 9.86. The van der Waals surface area contributed by atoms with Gasteiger partial charge in [-0.15, -0.1) is 0 Å². The molecule has 0 spiro atoms. The predicted molar refractivity (Wildman–Crippen MR) is 73.6 cm³/mol. The van der Waals surface area contributed by atoms with Crippen molar-refractivity contribution in [3.63, 3.8) is 0 Å². The highest BCUT2D eigenvalue weighted by atomic mass is 15.4. The number of aryl methyl sites for hydroxylation is 1. The van der Waals surface area contributed by atoms with Gasteiger partial charge >= 0.3 is 0 Å². The molecule has 2 nitrogen and oxygen atoms in total. The fourth-order valence-corrected chi connectivity index (χ4v) is 4.83. The topological polar surface area (TPSA) is 6.48 Å². The molecule has 1 aromatic carbocycles. The second-order valence-corrected chi connectivity index (χ2v) is 6.64. The highest BCUT2D eigenvalue weighted by molar-refractivity contribution is 5.38. The van der Waals surface area contributed by atoms with E-state index in [4.69, 9.17) is 0 Å². The van der Waals surface area contributed by atoms with Crippen LogP contribution in [0.4, 0.5) is 0 Å². The van der Waals surface area contributed by atoms with Crippen LogP contribution in [0.5, 0.6) is 0 Å². The zero-order valence-electron chi connectivity index (χ0n) is 11.4. The van der Waals surface area contributed by atoms with Crippen molar-refractivity contribution in [2.45, 2.75) is 31.7 Å². The third-order valence-corrected chi connectivity index (χ3v) is 5.58. The standard InChI is InChI=1S/C16H22N2/c1-12-5-3-4-6-15(12)16-7-14-8-17(10-16)11-18(9-14)13(16)2/h3-6,13-14H,7-11H2,1-2H3/t13-,14?,16?/m1/s1. The number of benzene rings is 1. The van der Waals surface area contributed by atoms with Crippen molar-refractivity contribution in [1.82, 2.24) is 9.80 Å². The van der Waals surface area contributed by atoms with Gasteiger partial charge in [-0.25, -0.2) is 0 Å². The van der Waals surface area contributed by atoms with Gasteiger partial charge in [0.25, 0.3) is 0 Å². The molecule has 5 atom stereocenters. The minimum absolute atomic E-state index is 0.394. The molecule has 96 valence electrons. The molecule has 4 unspecified atom stereocenters. The Hall–Kier alpha value is -0.860. The molecule has 0 radical (unpaired) electrons. The van der Waals surface area contributed by atoms with Gasteiger partial charge in [-0.3, -0.25) is 9.80 Å². The van der Waals surface area contributed by atoms with Crippen LogP contribution in [0.1, 0.15) is 24.5 Å². The Bertz CT molecular complexity index is 468. The van der Waals surface area contributed by atoms with Crippen LogP contribution in [0.15, 0.2) is 24.3 Å². The Kier molecular flexibility index (Phi) is 2.19. The molecular weight excluding hydrogens is 220 g/mol. The van der Waals surface area contributed by atoms with Crippen molar-refractivity contribution in [3.8, 4) is 0 Å². The van der Waals surface area contributed by atoms with E-state index in [0.29, 0.717) is 11.5 Å². The van der Waals surface area contributed by atoms with Crippen molar-refractivity contribution in [1.29, 1.82) is 0 Å². The molecule has 0 N–H and O–H groups in total. The summed E-state index contributed by atoms with van der Waals surface area (Å²) < 4.78 is 0. The molecule has 0 aromatic heterocycles. The van der Waals surface area contributed by atoms with Crippen molar-refractivity contribution >= 4 is 0 Å². The molecule has 0 aliphatic carbocycles. The maximum absolute atomic E-state index is 2.70. The van der Waals surface area contributed by atoms with Gasteiger partial charge in [0.2, 0.25) is 0 Å². The lowest BCUT2D eigenvalue weighted by Gasteiger charge is -2.63. The van der Waals surface area contributed by atoms with E-state index in [2.05, 4.69) is 47.9 Å². The molecule has 0 amide bonds. The van der Waals surface area contributed by atoms with E-state index in [9.17, 15) is 0 Å². The molecule has 4 saturated heterocycles. The summed E-state index contributed by atoms with van der Waals surface area (Å²) >= 11 is 0. The van der Waals surface area contributed by atoms with Crippen LogP contribution >= 0.6 is 0 Å². The Morgan fingerprint density at radius 1 is 1.22 bits per heavy atom. The minimum atomic E-state index is 0.394. The summed E-state index contributed by atoms with van der Waals surface area (Å²) in [5, 5.41) is 0. The first-order valence-electron chi connectivity index (χ1n) is 7.21. The summed E-state index contributed by atoms with van der Waals surface area (Å²) in [5.41, 5.74) is 3.48. The number of nitrogens with zero attached hydrogens (tertiary/aromatic N) is 2. The Balaban J connectivity index is 1.85. The minimum Gasteiger partial charge on any atom is -0.289 e. The van der Waals surface area contributed by atoms with Gasteiger partial charge < -0.3 is 0 Å². The van der Waals surface area contributed by atoms with Crippen LogP contribution in [-0.4, -0.2) is 42.1 Å². The summed E-state index contributed by atoms with van der Waals surface area (Å²) in [5.74, 6) is 0.892. The Morgan fingerprint density at radius 2 is 2.06 bits per heavy atom. The molecule has 4 aliphatic heterocycles. The number of hydrogen-bond acceptors (Lipinski definition) is 2.